The highest BCUT2D eigenvalue weighted by Crippen LogP contribution is 2.31. The summed E-state index contributed by atoms with van der Waals surface area (Å²) in [5.74, 6) is -0.269. The number of hydrogen-bond donors (Lipinski definition) is 2. The molecular formula is C25H30ClN3O4S. The molecule has 0 bridgehead atoms. The summed E-state index contributed by atoms with van der Waals surface area (Å²) in [6, 6.07) is 11.9. The molecule has 182 valence electrons. The van der Waals surface area contributed by atoms with Crippen LogP contribution in [0.25, 0.3) is 0 Å². The first-order valence-electron chi connectivity index (χ1n) is 11.5. The van der Waals surface area contributed by atoms with E-state index in [1.165, 1.54) is 11.0 Å². The lowest BCUT2D eigenvalue weighted by Crippen LogP contribution is -2.46. The molecule has 0 aromatic heterocycles. The molecule has 1 fully saturated rings. The maximum Gasteiger partial charge on any atom is 0.266 e. The van der Waals surface area contributed by atoms with Gasteiger partial charge in [0, 0.05) is 23.3 Å². The van der Waals surface area contributed by atoms with E-state index in [0.29, 0.717) is 27.8 Å². The van der Waals surface area contributed by atoms with Gasteiger partial charge in [-0.05, 0) is 94.8 Å². The maximum absolute atomic E-state index is 12.7. The Morgan fingerprint density at radius 2 is 1.56 bits per heavy atom. The Labute approximate surface area is 205 Å². The number of fused-ring (bicyclic) bond motifs is 1. The number of benzene rings is 2. The number of carbonyl (C=O) groups excluding carboxylic acids is 2. The van der Waals surface area contributed by atoms with Crippen molar-refractivity contribution >= 4 is 44.8 Å². The molecule has 2 aliphatic rings. The molecule has 2 N–H and O–H groups in total. The standard InChI is InChI=1S/C25H30ClN3O4S/c1-25(2,3)34(32,33)28-19-7-4-16(5-8-19)15-27-18-9-11-20(12-10-18)29-23(30)21-13-6-17(26)14-22(21)24(29)31/h6,9-14,16,19,27-28H,4-5,7-8,15H2,1-3H3. The number of amides is 2. The second-order valence-corrected chi connectivity index (χ2v) is 12.9. The van der Waals surface area contributed by atoms with Crippen LogP contribution in [0, 0.1) is 5.92 Å². The molecule has 9 heteroatoms. The van der Waals surface area contributed by atoms with Gasteiger partial charge >= 0.3 is 0 Å². The van der Waals surface area contributed by atoms with Gasteiger partial charge in [0.05, 0.1) is 21.6 Å². The quantitative estimate of drug-likeness (QED) is 0.550. The average molecular weight is 504 g/mol. The lowest BCUT2D eigenvalue weighted by molar-refractivity contribution is 0.0926. The van der Waals surface area contributed by atoms with Crippen molar-refractivity contribution in [1.82, 2.24) is 4.72 Å². The molecule has 7 nitrogen and oxygen atoms in total. The molecule has 0 saturated heterocycles. The number of nitrogens with zero attached hydrogens (tertiary/aromatic N) is 1. The molecule has 2 aromatic carbocycles. The zero-order valence-corrected chi connectivity index (χ0v) is 21.2. The Kier molecular flexibility index (Phi) is 6.77. The van der Waals surface area contributed by atoms with Gasteiger partial charge in [-0.3, -0.25) is 9.59 Å². The highest BCUT2D eigenvalue weighted by atomic mass is 35.5. The molecule has 1 aliphatic heterocycles. The molecule has 2 amide bonds. The first kappa shape index (κ1) is 24.7. The summed E-state index contributed by atoms with van der Waals surface area (Å²) >= 11 is 5.98. The highest BCUT2D eigenvalue weighted by Gasteiger charge is 2.37. The molecule has 34 heavy (non-hydrogen) atoms. The van der Waals surface area contributed by atoms with Gasteiger partial charge in [-0.15, -0.1) is 0 Å². The molecule has 4 rings (SSSR count). The predicted molar refractivity (Wildman–Crippen MR) is 135 cm³/mol. The summed E-state index contributed by atoms with van der Waals surface area (Å²) in [6.45, 7) is 5.91. The van der Waals surface area contributed by atoms with Gasteiger partial charge in [-0.25, -0.2) is 18.0 Å². The Hall–Kier alpha value is -2.42. The van der Waals surface area contributed by atoms with E-state index in [4.69, 9.17) is 11.6 Å². The van der Waals surface area contributed by atoms with Gasteiger partial charge in [0.1, 0.15) is 0 Å². The molecular weight excluding hydrogens is 474 g/mol. The average Bonchev–Trinajstić information content (AvgIpc) is 3.02. The van der Waals surface area contributed by atoms with Crippen LogP contribution in [0.2, 0.25) is 5.02 Å². The first-order valence-corrected chi connectivity index (χ1v) is 13.4. The molecule has 0 radical (unpaired) electrons. The molecule has 0 atom stereocenters. The van der Waals surface area contributed by atoms with Crippen LogP contribution >= 0.6 is 11.6 Å². The Balaban J connectivity index is 1.30. The Morgan fingerprint density at radius 1 is 0.941 bits per heavy atom. The molecule has 0 unspecified atom stereocenters. The number of halogens is 1. The lowest BCUT2D eigenvalue weighted by Gasteiger charge is -2.31. The molecule has 1 saturated carbocycles. The van der Waals surface area contributed by atoms with E-state index in [-0.39, 0.29) is 17.9 Å². The van der Waals surface area contributed by atoms with E-state index in [1.54, 1.807) is 45.0 Å². The normalized spacial score (nSPS) is 21.0. The minimum atomic E-state index is -3.33. The monoisotopic (exact) mass is 503 g/mol. The third-order valence-corrected chi connectivity index (χ3v) is 9.03. The molecule has 0 spiro atoms. The summed E-state index contributed by atoms with van der Waals surface area (Å²) in [7, 11) is -3.33. The summed E-state index contributed by atoms with van der Waals surface area (Å²) in [5, 5.41) is 3.84. The summed E-state index contributed by atoms with van der Waals surface area (Å²) in [6.07, 6.45) is 3.54. The largest absolute Gasteiger partial charge is 0.385 e. The van der Waals surface area contributed by atoms with Crippen molar-refractivity contribution in [3.05, 3.63) is 58.6 Å². The van der Waals surface area contributed by atoms with Crippen molar-refractivity contribution in [2.45, 2.75) is 57.2 Å². The van der Waals surface area contributed by atoms with E-state index < -0.39 is 14.8 Å². The number of nitrogens with one attached hydrogen (secondary N) is 2. The van der Waals surface area contributed by atoms with Crippen LogP contribution in [0.5, 0.6) is 0 Å². The first-order chi connectivity index (χ1) is 16.0. The van der Waals surface area contributed by atoms with E-state index in [1.807, 2.05) is 12.1 Å². The van der Waals surface area contributed by atoms with Crippen molar-refractivity contribution in [3.63, 3.8) is 0 Å². The zero-order chi connectivity index (χ0) is 24.7. The van der Waals surface area contributed by atoms with Crippen LogP contribution in [-0.4, -0.2) is 37.6 Å². The van der Waals surface area contributed by atoms with Crippen LogP contribution in [0.15, 0.2) is 42.5 Å². The number of rotatable bonds is 6. The van der Waals surface area contributed by atoms with Gasteiger partial charge in [0.2, 0.25) is 10.0 Å². The van der Waals surface area contributed by atoms with Gasteiger partial charge in [-0.2, -0.15) is 0 Å². The van der Waals surface area contributed by atoms with E-state index in [2.05, 4.69) is 10.0 Å². The van der Waals surface area contributed by atoms with Crippen LogP contribution in [0.1, 0.15) is 67.2 Å². The highest BCUT2D eigenvalue weighted by molar-refractivity contribution is 7.90. The number of carbonyl (C=O) groups is 2. The number of sulfonamides is 1. The number of imide groups is 1. The molecule has 1 heterocycles. The van der Waals surface area contributed by atoms with E-state index >= 15 is 0 Å². The van der Waals surface area contributed by atoms with E-state index in [9.17, 15) is 18.0 Å². The second-order valence-electron chi connectivity index (χ2n) is 10.0. The minimum Gasteiger partial charge on any atom is -0.385 e. The van der Waals surface area contributed by atoms with Crippen LogP contribution in [0.3, 0.4) is 0 Å². The fourth-order valence-electron chi connectivity index (χ4n) is 4.32. The predicted octanol–water partition coefficient (Wildman–Crippen LogP) is 4.83. The minimum absolute atomic E-state index is 0.00528. The summed E-state index contributed by atoms with van der Waals surface area (Å²) < 4.78 is 26.8. The van der Waals surface area contributed by atoms with Gasteiger partial charge in [0.25, 0.3) is 11.8 Å². The maximum atomic E-state index is 12.7. The van der Waals surface area contributed by atoms with Crippen molar-refractivity contribution in [3.8, 4) is 0 Å². The Bertz CT molecular complexity index is 1200. The number of hydrogen-bond acceptors (Lipinski definition) is 5. The Morgan fingerprint density at radius 3 is 2.18 bits per heavy atom. The fourth-order valence-corrected chi connectivity index (χ4v) is 5.52. The van der Waals surface area contributed by atoms with Crippen LogP contribution in [0.4, 0.5) is 11.4 Å². The number of anilines is 2. The van der Waals surface area contributed by atoms with Gasteiger partial charge in [0.15, 0.2) is 0 Å². The zero-order valence-electron chi connectivity index (χ0n) is 19.6. The van der Waals surface area contributed by atoms with Crippen LogP contribution < -0.4 is 14.9 Å². The topological polar surface area (TPSA) is 95.6 Å². The van der Waals surface area contributed by atoms with Crippen LogP contribution in [-0.2, 0) is 10.0 Å². The van der Waals surface area contributed by atoms with E-state index in [0.717, 1.165) is 37.9 Å². The van der Waals surface area contributed by atoms with Crippen molar-refractivity contribution in [2.75, 3.05) is 16.8 Å². The van der Waals surface area contributed by atoms with Crippen molar-refractivity contribution < 1.29 is 18.0 Å². The van der Waals surface area contributed by atoms with Gasteiger partial charge < -0.3 is 5.32 Å². The molecule has 1 aliphatic carbocycles. The summed E-state index contributed by atoms with van der Waals surface area (Å²) in [5.41, 5.74) is 2.09. The lowest BCUT2D eigenvalue weighted by atomic mass is 9.86. The van der Waals surface area contributed by atoms with Crippen molar-refractivity contribution in [2.24, 2.45) is 5.92 Å². The molecule has 2 aromatic rings. The second kappa shape index (κ2) is 9.32. The summed E-state index contributed by atoms with van der Waals surface area (Å²) in [4.78, 5) is 26.6. The van der Waals surface area contributed by atoms with Gasteiger partial charge in [-0.1, -0.05) is 11.6 Å². The third-order valence-electron chi connectivity index (χ3n) is 6.54. The smallest absolute Gasteiger partial charge is 0.266 e. The fraction of sp³-hybridized carbons (Fsp3) is 0.440. The third kappa shape index (κ3) is 4.99. The van der Waals surface area contributed by atoms with Crippen molar-refractivity contribution in [1.29, 1.82) is 0 Å². The SMILES string of the molecule is CC(C)(C)S(=O)(=O)NC1CCC(CNc2ccc(N3C(=O)c4ccc(Cl)cc4C3=O)cc2)CC1.